The van der Waals surface area contributed by atoms with Crippen LogP contribution in [-0.4, -0.2) is 89.4 Å². The van der Waals surface area contributed by atoms with Gasteiger partial charge in [0.25, 0.3) is 0 Å². The van der Waals surface area contributed by atoms with E-state index in [1.54, 1.807) is 13.0 Å². The molecular weight excluding hydrogens is 782 g/mol. The van der Waals surface area contributed by atoms with E-state index >= 15 is 0 Å². The summed E-state index contributed by atoms with van der Waals surface area (Å²) in [6.45, 7) is 16.3. The molecule has 5 rings (SSSR count). The van der Waals surface area contributed by atoms with Gasteiger partial charge in [0.05, 0.1) is 52.6 Å². The third-order valence-electron chi connectivity index (χ3n) is 11.5. The molecule has 2 atom stereocenters. The average Bonchev–Trinajstić information content (AvgIpc) is 3.07. The lowest BCUT2D eigenvalue weighted by atomic mass is 9.81. The van der Waals surface area contributed by atoms with Crippen molar-refractivity contribution >= 4 is 35.6 Å². The van der Waals surface area contributed by atoms with Crippen molar-refractivity contribution < 1.29 is 48.4 Å². The summed E-state index contributed by atoms with van der Waals surface area (Å²) in [5, 5.41) is -0.0886. The Morgan fingerprint density at radius 1 is 0.911 bits per heavy atom. The fourth-order valence-electron chi connectivity index (χ4n) is 6.99. The van der Waals surface area contributed by atoms with E-state index in [1.165, 1.54) is 45.3 Å². The highest BCUT2D eigenvalue weighted by Gasteiger charge is 2.44. The SMILES string of the molecule is Cc1cc(F)ccc1-c1cc(N2CC3CS(=O)(=O)CCN3C[C@H]2CO[Si](C)(C)C(C)(C)C)ncc1N(C)C(=O)C(C)(C)c1cc(C(F)(F)F)cc(C(F)(F)F)c1. The molecular formula is C39H49F7N4O4SSi. The molecule has 2 aliphatic heterocycles. The number of alkyl halides is 6. The molecule has 3 aromatic rings. The topological polar surface area (TPSA) is 83.1 Å². The van der Waals surface area contributed by atoms with Crippen molar-refractivity contribution in [3.63, 3.8) is 0 Å². The molecule has 0 radical (unpaired) electrons. The Bertz CT molecular complexity index is 2050. The second kappa shape index (κ2) is 15.0. The summed E-state index contributed by atoms with van der Waals surface area (Å²) >= 11 is 0. The minimum Gasteiger partial charge on any atom is -0.415 e. The molecule has 0 spiro atoms. The van der Waals surface area contributed by atoms with Crippen LogP contribution in [0.5, 0.6) is 0 Å². The third-order valence-corrected chi connectivity index (χ3v) is 17.7. The second-order valence-corrected chi connectivity index (χ2v) is 24.0. The number of likely N-dealkylation sites (N-methyl/N-ethyl adjacent to an activating group) is 1. The lowest BCUT2D eigenvalue weighted by molar-refractivity contribution is -0.143. The highest BCUT2D eigenvalue weighted by Crippen LogP contribution is 2.42. The molecule has 0 saturated carbocycles. The summed E-state index contributed by atoms with van der Waals surface area (Å²) in [5.41, 5.74) is -3.95. The molecule has 1 unspecified atom stereocenters. The quantitative estimate of drug-likeness (QED) is 0.167. The molecule has 1 amide bonds. The fourth-order valence-corrected chi connectivity index (χ4v) is 9.62. The van der Waals surface area contributed by atoms with Crippen LogP contribution in [0.3, 0.4) is 0 Å². The van der Waals surface area contributed by atoms with E-state index in [-0.39, 0.29) is 46.9 Å². The number of sulfone groups is 1. The van der Waals surface area contributed by atoms with Gasteiger partial charge in [0.1, 0.15) is 11.6 Å². The molecule has 1 aromatic heterocycles. The molecule has 8 nitrogen and oxygen atoms in total. The van der Waals surface area contributed by atoms with Crippen molar-refractivity contribution in [2.45, 2.75) is 89.5 Å². The number of piperazine rings is 1. The molecule has 2 saturated heterocycles. The Hall–Kier alpha value is -3.54. The van der Waals surface area contributed by atoms with Crippen LogP contribution in [0.4, 0.5) is 42.2 Å². The fraction of sp³-hybridized carbons (Fsp3) is 0.538. The Labute approximate surface area is 325 Å². The number of amides is 1. The predicted molar refractivity (Wildman–Crippen MR) is 206 cm³/mol. The molecule has 3 heterocycles. The Morgan fingerprint density at radius 3 is 2.05 bits per heavy atom. The monoisotopic (exact) mass is 830 g/mol. The van der Waals surface area contributed by atoms with Gasteiger partial charge in [0.15, 0.2) is 18.2 Å². The van der Waals surface area contributed by atoms with Gasteiger partial charge in [0.2, 0.25) is 5.91 Å². The summed E-state index contributed by atoms with van der Waals surface area (Å²) < 4.78 is 130. The summed E-state index contributed by atoms with van der Waals surface area (Å²) in [4.78, 5) is 24.4. The van der Waals surface area contributed by atoms with Crippen molar-refractivity contribution in [2.75, 3.05) is 54.6 Å². The van der Waals surface area contributed by atoms with Crippen molar-refractivity contribution in [1.82, 2.24) is 9.88 Å². The highest BCUT2D eigenvalue weighted by molar-refractivity contribution is 7.91. The number of carbonyl (C=O) groups excluding carboxylic acids is 1. The number of hydrogen-bond donors (Lipinski definition) is 0. The summed E-state index contributed by atoms with van der Waals surface area (Å²) in [6, 6.07) is 6.26. The predicted octanol–water partition coefficient (Wildman–Crippen LogP) is 8.48. The van der Waals surface area contributed by atoms with Gasteiger partial charge in [-0.15, -0.1) is 0 Å². The Balaban J connectivity index is 1.61. The first-order chi connectivity index (χ1) is 25.5. The number of halogens is 7. The van der Waals surface area contributed by atoms with E-state index in [0.29, 0.717) is 54.3 Å². The Kier molecular flexibility index (Phi) is 11.7. The number of nitrogens with zero attached hydrogens (tertiary/aromatic N) is 4. The van der Waals surface area contributed by atoms with Crippen molar-refractivity contribution in [1.29, 1.82) is 0 Å². The summed E-state index contributed by atoms with van der Waals surface area (Å²) in [7, 11) is -4.18. The maximum atomic E-state index is 14.4. The number of aryl methyl sites for hydroxylation is 1. The number of anilines is 2. The largest absolute Gasteiger partial charge is 0.416 e. The van der Waals surface area contributed by atoms with Crippen LogP contribution in [0.25, 0.3) is 11.1 Å². The maximum Gasteiger partial charge on any atom is 0.416 e. The van der Waals surface area contributed by atoms with Gasteiger partial charge in [-0.2, -0.15) is 26.3 Å². The number of benzene rings is 2. The minimum absolute atomic E-state index is 0.0129. The average molecular weight is 831 g/mol. The van der Waals surface area contributed by atoms with Crippen LogP contribution in [-0.2, 0) is 36.8 Å². The zero-order chi connectivity index (χ0) is 42.0. The van der Waals surface area contributed by atoms with Crippen LogP contribution < -0.4 is 9.80 Å². The van der Waals surface area contributed by atoms with Crippen LogP contribution in [0.15, 0.2) is 48.7 Å². The number of aromatic nitrogens is 1. The zero-order valence-corrected chi connectivity index (χ0v) is 34.8. The number of rotatable bonds is 8. The van der Waals surface area contributed by atoms with Crippen LogP contribution in [0.2, 0.25) is 18.1 Å². The maximum absolute atomic E-state index is 14.4. The lowest BCUT2D eigenvalue weighted by Gasteiger charge is -2.49. The Morgan fingerprint density at radius 2 is 1.50 bits per heavy atom. The minimum atomic E-state index is -5.12. The smallest absolute Gasteiger partial charge is 0.415 e. The number of pyridine rings is 1. The molecule has 2 aliphatic rings. The highest BCUT2D eigenvalue weighted by atomic mass is 32.2. The molecule has 56 heavy (non-hydrogen) atoms. The molecule has 0 N–H and O–H groups in total. The molecule has 0 aliphatic carbocycles. The van der Waals surface area contributed by atoms with Gasteiger partial charge in [0, 0.05) is 38.3 Å². The van der Waals surface area contributed by atoms with Gasteiger partial charge in [-0.1, -0.05) is 26.8 Å². The van der Waals surface area contributed by atoms with E-state index in [0.717, 1.165) is 4.90 Å². The first-order valence-corrected chi connectivity index (χ1v) is 22.9. The van der Waals surface area contributed by atoms with Crippen LogP contribution in [0.1, 0.15) is 56.9 Å². The van der Waals surface area contributed by atoms with Gasteiger partial charge in [-0.05, 0) is 92.0 Å². The van der Waals surface area contributed by atoms with Gasteiger partial charge in [-0.25, -0.2) is 17.8 Å². The first-order valence-electron chi connectivity index (χ1n) is 18.2. The lowest BCUT2D eigenvalue weighted by Crippen LogP contribution is -2.65. The van der Waals surface area contributed by atoms with E-state index in [4.69, 9.17) is 9.41 Å². The van der Waals surface area contributed by atoms with Gasteiger partial charge >= 0.3 is 12.4 Å². The van der Waals surface area contributed by atoms with Gasteiger partial charge in [-0.3, -0.25) is 9.69 Å². The van der Waals surface area contributed by atoms with E-state index in [2.05, 4.69) is 38.8 Å². The van der Waals surface area contributed by atoms with Crippen LogP contribution in [0, 0.1) is 12.7 Å². The van der Waals surface area contributed by atoms with Crippen molar-refractivity contribution in [3.8, 4) is 11.1 Å². The first kappa shape index (κ1) is 43.6. The third kappa shape index (κ3) is 9.10. The van der Waals surface area contributed by atoms with E-state index in [1.807, 2.05) is 4.90 Å². The second-order valence-electron chi connectivity index (χ2n) is 16.9. The number of hydrogen-bond acceptors (Lipinski definition) is 7. The zero-order valence-electron chi connectivity index (χ0n) is 33.0. The summed E-state index contributed by atoms with van der Waals surface area (Å²) in [6.07, 6.45) is -8.84. The van der Waals surface area contributed by atoms with Crippen molar-refractivity contribution in [3.05, 3.63) is 76.7 Å². The number of fused-ring (bicyclic) bond motifs is 1. The van der Waals surface area contributed by atoms with Crippen LogP contribution >= 0.6 is 0 Å². The normalized spacial score (nSPS) is 19.8. The number of carbonyl (C=O) groups is 1. The van der Waals surface area contributed by atoms with Gasteiger partial charge < -0.3 is 14.2 Å². The molecule has 17 heteroatoms. The standard InChI is InChI=1S/C39H49F7N4O4SSi/c1-24-14-28(40)10-11-31(24)32-18-34(50-21-30-23-55(52,53)13-12-49(30)20-29(50)22-54-56(8,9)36(2,3)4)47-19-33(32)48(7)35(51)37(5,6)25-15-26(38(41,42)43)17-27(16-25)39(44,45)46/h10-11,14-19,29-30H,12-13,20-23H2,1-9H3/t29-,30?/m0/s1. The summed E-state index contributed by atoms with van der Waals surface area (Å²) in [5.74, 6) is -0.919. The van der Waals surface area contributed by atoms with E-state index < -0.39 is 64.3 Å². The van der Waals surface area contributed by atoms with Crippen molar-refractivity contribution in [2.24, 2.45) is 0 Å². The molecule has 308 valence electrons. The molecule has 2 aromatic carbocycles. The molecule has 2 fully saturated rings. The van der Waals surface area contributed by atoms with E-state index in [9.17, 15) is 43.9 Å². The molecule has 0 bridgehead atoms.